The maximum Gasteiger partial charge on any atom is 0.136 e. The predicted molar refractivity (Wildman–Crippen MR) is 66.3 cm³/mol. The van der Waals surface area contributed by atoms with E-state index in [9.17, 15) is 0 Å². The van der Waals surface area contributed by atoms with E-state index in [1.165, 1.54) is 0 Å². The summed E-state index contributed by atoms with van der Waals surface area (Å²) in [4.78, 5) is 0. The standard InChI is InChI=1S/C11H14BrN3O/c1-3-8-4-5-9(16-8)6-15-11(13)10(12)7(2)14-15/h4-5H,3,6,13H2,1-2H3. The third-order valence-corrected chi connectivity index (χ3v) is 3.44. The molecule has 2 N–H and O–H groups in total. The highest BCUT2D eigenvalue weighted by atomic mass is 79.9. The number of halogens is 1. The fraction of sp³-hybridized carbons (Fsp3) is 0.364. The van der Waals surface area contributed by atoms with Crippen molar-refractivity contribution >= 4 is 21.7 Å². The third-order valence-electron chi connectivity index (χ3n) is 2.46. The monoisotopic (exact) mass is 283 g/mol. The van der Waals surface area contributed by atoms with Crippen molar-refractivity contribution in [2.75, 3.05) is 5.73 Å². The molecule has 4 nitrogen and oxygen atoms in total. The van der Waals surface area contributed by atoms with E-state index in [4.69, 9.17) is 10.2 Å². The maximum absolute atomic E-state index is 5.90. The Morgan fingerprint density at radius 2 is 2.12 bits per heavy atom. The van der Waals surface area contributed by atoms with Gasteiger partial charge in [-0.15, -0.1) is 0 Å². The van der Waals surface area contributed by atoms with E-state index in [2.05, 4.69) is 28.0 Å². The number of anilines is 1. The van der Waals surface area contributed by atoms with Crippen LogP contribution in [0.15, 0.2) is 21.0 Å². The van der Waals surface area contributed by atoms with Crippen LogP contribution in [0.3, 0.4) is 0 Å². The summed E-state index contributed by atoms with van der Waals surface area (Å²) in [6, 6.07) is 3.94. The second-order valence-corrected chi connectivity index (χ2v) is 4.46. The van der Waals surface area contributed by atoms with Gasteiger partial charge in [-0.1, -0.05) is 6.92 Å². The zero-order chi connectivity index (χ0) is 11.7. The van der Waals surface area contributed by atoms with Crippen LogP contribution in [0, 0.1) is 6.92 Å². The second kappa shape index (κ2) is 4.33. The molecule has 0 bridgehead atoms. The number of aryl methyl sites for hydroxylation is 2. The lowest BCUT2D eigenvalue weighted by Gasteiger charge is -2.01. The van der Waals surface area contributed by atoms with Gasteiger partial charge in [-0.3, -0.25) is 0 Å². The van der Waals surface area contributed by atoms with Crippen molar-refractivity contribution in [1.29, 1.82) is 0 Å². The number of furan rings is 1. The van der Waals surface area contributed by atoms with Gasteiger partial charge in [0.1, 0.15) is 23.9 Å². The summed E-state index contributed by atoms with van der Waals surface area (Å²) in [5.41, 5.74) is 6.79. The Bertz CT molecular complexity index is 501. The summed E-state index contributed by atoms with van der Waals surface area (Å²) in [5.74, 6) is 2.49. The Kier molecular flexibility index (Phi) is 3.05. The number of aromatic nitrogens is 2. The number of nitrogens with two attached hydrogens (primary N) is 1. The van der Waals surface area contributed by atoms with Crippen molar-refractivity contribution < 1.29 is 4.42 Å². The molecule has 86 valence electrons. The lowest BCUT2D eigenvalue weighted by molar-refractivity contribution is 0.449. The van der Waals surface area contributed by atoms with Gasteiger partial charge in [0.25, 0.3) is 0 Å². The highest BCUT2D eigenvalue weighted by molar-refractivity contribution is 9.10. The highest BCUT2D eigenvalue weighted by Gasteiger charge is 2.11. The van der Waals surface area contributed by atoms with Gasteiger partial charge in [0.15, 0.2) is 0 Å². The van der Waals surface area contributed by atoms with E-state index in [0.29, 0.717) is 12.4 Å². The quantitative estimate of drug-likeness (QED) is 0.942. The molecule has 0 aliphatic carbocycles. The number of rotatable bonds is 3. The topological polar surface area (TPSA) is 57.0 Å². The highest BCUT2D eigenvalue weighted by Crippen LogP contribution is 2.23. The van der Waals surface area contributed by atoms with E-state index >= 15 is 0 Å². The predicted octanol–water partition coefficient (Wildman–Crippen LogP) is 2.74. The van der Waals surface area contributed by atoms with Gasteiger partial charge in [0.2, 0.25) is 0 Å². The third kappa shape index (κ3) is 2.00. The van der Waals surface area contributed by atoms with Gasteiger partial charge in [-0.2, -0.15) is 5.10 Å². The van der Waals surface area contributed by atoms with Gasteiger partial charge >= 0.3 is 0 Å². The van der Waals surface area contributed by atoms with Crippen molar-refractivity contribution in [2.45, 2.75) is 26.8 Å². The summed E-state index contributed by atoms with van der Waals surface area (Å²) in [7, 11) is 0. The molecule has 2 aromatic heterocycles. The number of nitrogen functional groups attached to an aromatic ring is 1. The van der Waals surface area contributed by atoms with Crippen LogP contribution in [0.25, 0.3) is 0 Å². The van der Waals surface area contributed by atoms with Crippen molar-refractivity contribution in [3.05, 3.63) is 33.8 Å². The van der Waals surface area contributed by atoms with Crippen molar-refractivity contribution in [2.24, 2.45) is 0 Å². The Labute approximate surface area is 103 Å². The minimum atomic E-state index is 0.568. The van der Waals surface area contributed by atoms with Crippen molar-refractivity contribution in [3.8, 4) is 0 Å². The van der Waals surface area contributed by atoms with Gasteiger partial charge < -0.3 is 10.2 Å². The molecule has 0 aliphatic heterocycles. The van der Waals surface area contributed by atoms with E-state index in [1.54, 1.807) is 4.68 Å². The van der Waals surface area contributed by atoms with Gasteiger partial charge in [0.05, 0.1) is 10.2 Å². The van der Waals surface area contributed by atoms with Crippen LogP contribution in [0.1, 0.15) is 24.1 Å². The van der Waals surface area contributed by atoms with Crippen LogP contribution in [-0.4, -0.2) is 9.78 Å². The fourth-order valence-corrected chi connectivity index (χ4v) is 1.83. The Morgan fingerprint density at radius 3 is 2.62 bits per heavy atom. The van der Waals surface area contributed by atoms with Crippen LogP contribution in [-0.2, 0) is 13.0 Å². The number of hydrogen-bond donors (Lipinski definition) is 1. The molecule has 2 aromatic rings. The van der Waals surface area contributed by atoms with E-state index in [1.807, 2.05) is 19.1 Å². The molecule has 0 amide bonds. The SMILES string of the molecule is CCc1ccc(Cn2nc(C)c(Br)c2N)o1. The Balaban J connectivity index is 2.23. The van der Waals surface area contributed by atoms with Gasteiger partial charge in [-0.25, -0.2) is 4.68 Å². The number of nitrogens with zero attached hydrogens (tertiary/aromatic N) is 2. The summed E-state index contributed by atoms with van der Waals surface area (Å²) < 4.78 is 8.20. The van der Waals surface area contributed by atoms with Crippen LogP contribution in [0.4, 0.5) is 5.82 Å². The van der Waals surface area contributed by atoms with Crippen molar-refractivity contribution in [3.63, 3.8) is 0 Å². The molecule has 0 saturated heterocycles. The molecule has 16 heavy (non-hydrogen) atoms. The summed E-state index contributed by atoms with van der Waals surface area (Å²) >= 11 is 3.39. The zero-order valence-corrected chi connectivity index (χ0v) is 10.9. The molecule has 5 heteroatoms. The first kappa shape index (κ1) is 11.3. The molecule has 2 rings (SSSR count). The first-order valence-corrected chi connectivity index (χ1v) is 5.97. The van der Waals surface area contributed by atoms with E-state index in [-0.39, 0.29) is 0 Å². The minimum absolute atomic E-state index is 0.568. The summed E-state index contributed by atoms with van der Waals surface area (Å²) in [6.45, 7) is 4.54. The molecule has 0 atom stereocenters. The van der Waals surface area contributed by atoms with E-state index in [0.717, 1.165) is 28.1 Å². The van der Waals surface area contributed by atoms with Gasteiger partial charge in [0, 0.05) is 6.42 Å². The largest absolute Gasteiger partial charge is 0.464 e. The first-order valence-electron chi connectivity index (χ1n) is 5.17. The van der Waals surface area contributed by atoms with Crippen LogP contribution < -0.4 is 5.73 Å². The lowest BCUT2D eigenvalue weighted by Crippen LogP contribution is -2.05. The molecule has 2 heterocycles. The molecule has 0 unspecified atom stereocenters. The van der Waals surface area contributed by atoms with Crippen LogP contribution in [0.2, 0.25) is 0 Å². The second-order valence-electron chi connectivity index (χ2n) is 3.66. The maximum atomic E-state index is 5.90. The van der Waals surface area contributed by atoms with Crippen LogP contribution in [0.5, 0.6) is 0 Å². The summed E-state index contributed by atoms with van der Waals surface area (Å²) in [6.07, 6.45) is 0.900. The molecule has 0 radical (unpaired) electrons. The summed E-state index contributed by atoms with van der Waals surface area (Å²) in [5, 5.41) is 4.32. The van der Waals surface area contributed by atoms with Crippen molar-refractivity contribution in [1.82, 2.24) is 9.78 Å². The van der Waals surface area contributed by atoms with Crippen LogP contribution >= 0.6 is 15.9 Å². The molecule has 0 spiro atoms. The molecular formula is C11H14BrN3O. The normalized spacial score (nSPS) is 10.9. The molecule has 0 aliphatic rings. The Hall–Kier alpha value is -1.23. The number of hydrogen-bond acceptors (Lipinski definition) is 3. The minimum Gasteiger partial charge on any atom is -0.464 e. The fourth-order valence-electron chi connectivity index (χ4n) is 1.54. The zero-order valence-electron chi connectivity index (χ0n) is 9.33. The first-order chi connectivity index (χ1) is 7.61. The molecule has 0 fully saturated rings. The molecular weight excluding hydrogens is 270 g/mol. The molecule has 0 aromatic carbocycles. The average molecular weight is 284 g/mol. The van der Waals surface area contributed by atoms with E-state index < -0.39 is 0 Å². The van der Waals surface area contributed by atoms with Gasteiger partial charge in [-0.05, 0) is 35.0 Å². The smallest absolute Gasteiger partial charge is 0.136 e. The molecule has 0 saturated carbocycles. The average Bonchev–Trinajstić information content (AvgIpc) is 2.81. The lowest BCUT2D eigenvalue weighted by atomic mass is 10.3. The Morgan fingerprint density at radius 1 is 1.44 bits per heavy atom.